The Morgan fingerprint density at radius 1 is 1.07 bits per heavy atom. The number of aryl methyl sites for hydroxylation is 1. The smallest absolute Gasteiger partial charge is 0.410 e. The Kier molecular flexibility index (Phi) is 7.67. The molecule has 0 N–H and O–H groups in total. The van der Waals surface area contributed by atoms with Crippen molar-refractivity contribution in [2.75, 3.05) is 13.7 Å². The molecule has 2 aliphatic rings. The summed E-state index contributed by atoms with van der Waals surface area (Å²) in [7, 11) is -2.34. The van der Waals surface area contributed by atoms with E-state index in [2.05, 4.69) is 22.6 Å². The number of carbonyl (C=O) groups is 1. The molecule has 9 heteroatoms. The van der Waals surface area contributed by atoms with Crippen LogP contribution in [0.4, 0.5) is 9.18 Å². The molecule has 0 radical (unpaired) electrons. The van der Waals surface area contributed by atoms with Crippen molar-refractivity contribution in [3.8, 4) is 5.75 Å². The van der Waals surface area contributed by atoms with Crippen LogP contribution in [-0.4, -0.2) is 38.7 Å². The highest BCUT2D eigenvalue weighted by Crippen LogP contribution is 2.69. The molecule has 6 nitrogen and oxygen atoms in total. The quantitative estimate of drug-likeness (QED) is 0.205. The molecule has 1 saturated carbocycles. The number of methoxy groups -OCH3 is 1. The first-order chi connectivity index (χ1) is 18.9. The van der Waals surface area contributed by atoms with Crippen LogP contribution in [-0.2, 0) is 32.3 Å². The van der Waals surface area contributed by atoms with Gasteiger partial charge in [0, 0.05) is 22.6 Å². The lowest BCUT2D eigenvalue weighted by atomic mass is 9.91. The van der Waals surface area contributed by atoms with Crippen LogP contribution in [0.1, 0.15) is 43.9 Å². The minimum absolute atomic E-state index is 0.0896. The molecule has 3 unspecified atom stereocenters. The standard InChI is InChI=1S/C31H33FINO5S/c1-30(2,3)39-29(35)34(18-20-5-11-24(38-4)12-6-20)19-28-27-15-7-21-17-23(33)10-16-26(21)31(27,28)40(36,37)25-13-8-22(32)9-14-25/h5-6,8-14,16-17,27-28H,7,15,18-19H2,1-4H3. The molecule has 1 fully saturated rings. The van der Waals surface area contributed by atoms with Gasteiger partial charge in [-0.3, -0.25) is 0 Å². The molecular weight excluding hydrogens is 644 g/mol. The number of halogens is 2. The Morgan fingerprint density at radius 3 is 2.38 bits per heavy atom. The van der Waals surface area contributed by atoms with Crippen LogP contribution in [0.2, 0.25) is 0 Å². The van der Waals surface area contributed by atoms with Gasteiger partial charge in [0.15, 0.2) is 9.84 Å². The Bertz CT molecular complexity index is 1520. The molecule has 5 rings (SSSR count). The molecule has 0 bridgehead atoms. The van der Waals surface area contributed by atoms with E-state index in [1.807, 2.05) is 63.2 Å². The van der Waals surface area contributed by atoms with E-state index in [4.69, 9.17) is 9.47 Å². The van der Waals surface area contributed by atoms with E-state index >= 15 is 0 Å². The molecule has 0 aliphatic heterocycles. The Balaban J connectivity index is 1.56. The van der Waals surface area contributed by atoms with E-state index in [9.17, 15) is 17.6 Å². The van der Waals surface area contributed by atoms with Gasteiger partial charge in [-0.15, -0.1) is 0 Å². The number of nitrogens with zero attached hydrogens (tertiary/aromatic N) is 1. The predicted molar refractivity (Wildman–Crippen MR) is 159 cm³/mol. The van der Waals surface area contributed by atoms with Crippen molar-refractivity contribution in [3.63, 3.8) is 0 Å². The minimum atomic E-state index is -3.93. The first kappa shape index (κ1) is 28.9. The van der Waals surface area contributed by atoms with Gasteiger partial charge < -0.3 is 14.4 Å². The maximum absolute atomic E-state index is 14.5. The summed E-state index contributed by atoms with van der Waals surface area (Å²) in [6, 6.07) is 18.4. The molecule has 3 aromatic carbocycles. The van der Waals surface area contributed by atoms with Crippen LogP contribution in [0.15, 0.2) is 71.6 Å². The molecule has 3 aromatic rings. The summed E-state index contributed by atoms with van der Waals surface area (Å²) in [6.45, 7) is 5.90. The van der Waals surface area contributed by atoms with Gasteiger partial charge >= 0.3 is 6.09 Å². The largest absolute Gasteiger partial charge is 0.497 e. The van der Waals surface area contributed by atoms with Gasteiger partial charge in [-0.2, -0.15) is 0 Å². The summed E-state index contributed by atoms with van der Waals surface area (Å²) in [5, 5.41) is 0. The number of hydrogen-bond donors (Lipinski definition) is 0. The fraction of sp³-hybridized carbons (Fsp3) is 0.387. The average Bonchev–Trinajstić information content (AvgIpc) is 3.57. The summed E-state index contributed by atoms with van der Waals surface area (Å²) in [4.78, 5) is 15.2. The van der Waals surface area contributed by atoms with E-state index in [1.54, 1.807) is 12.0 Å². The topological polar surface area (TPSA) is 72.9 Å². The Morgan fingerprint density at radius 2 is 1.75 bits per heavy atom. The van der Waals surface area contributed by atoms with Gasteiger partial charge in [-0.05, 0) is 127 Å². The van der Waals surface area contributed by atoms with Crippen LogP contribution in [0.5, 0.6) is 5.75 Å². The molecule has 3 atom stereocenters. The second kappa shape index (κ2) is 10.6. The maximum atomic E-state index is 14.5. The van der Waals surface area contributed by atoms with Gasteiger partial charge in [-0.1, -0.05) is 18.2 Å². The third-order valence-corrected chi connectivity index (χ3v) is 11.1. The van der Waals surface area contributed by atoms with E-state index in [-0.39, 0.29) is 29.8 Å². The lowest BCUT2D eigenvalue weighted by Gasteiger charge is -2.29. The molecule has 0 saturated heterocycles. The molecular formula is C31H33FINO5S. The van der Waals surface area contributed by atoms with Gasteiger partial charge in [0.2, 0.25) is 0 Å². The van der Waals surface area contributed by atoms with Crippen molar-refractivity contribution in [3.05, 3.63) is 92.8 Å². The summed E-state index contributed by atoms with van der Waals surface area (Å²) in [5.41, 5.74) is 1.95. The Labute approximate surface area is 248 Å². The van der Waals surface area contributed by atoms with Crippen molar-refractivity contribution in [2.24, 2.45) is 11.8 Å². The number of fused-ring (bicyclic) bond motifs is 3. The molecule has 0 heterocycles. The monoisotopic (exact) mass is 677 g/mol. The normalized spacial score (nSPS) is 21.6. The number of hydrogen-bond acceptors (Lipinski definition) is 5. The van der Waals surface area contributed by atoms with Crippen molar-refractivity contribution < 1.29 is 27.1 Å². The zero-order valence-electron chi connectivity index (χ0n) is 23.0. The van der Waals surface area contributed by atoms with Crippen LogP contribution >= 0.6 is 22.6 Å². The number of benzene rings is 3. The predicted octanol–water partition coefficient (Wildman–Crippen LogP) is 6.74. The molecule has 1 amide bonds. The van der Waals surface area contributed by atoms with Gasteiger partial charge in [-0.25, -0.2) is 17.6 Å². The lowest BCUT2D eigenvalue weighted by Crippen LogP contribution is -2.39. The van der Waals surface area contributed by atoms with E-state index < -0.39 is 32.1 Å². The van der Waals surface area contributed by atoms with Gasteiger partial charge in [0.25, 0.3) is 0 Å². The molecule has 0 aromatic heterocycles. The number of ether oxygens (including phenoxy) is 2. The maximum Gasteiger partial charge on any atom is 0.410 e. The zero-order chi connectivity index (χ0) is 28.9. The molecule has 2 aliphatic carbocycles. The van der Waals surface area contributed by atoms with Crippen LogP contribution in [0.3, 0.4) is 0 Å². The number of carbonyl (C=O) groups excluding carboxylic acids is 1. The highest BCUT2D eigenvalue weighted by Gasteiger charge is 2.74. The fourth-order valence-electron chi connectivity index (χ4n) is 6.12. The van der Waals surface area contributed by atoms with Crippen LogP contribution in [0, 0.1) is 21.2 Å². The Hall–Kier alpha value is -2.66. The van der Waals surface area contributed by atoms with Crippen molar-refractivity contribution in [2.45, 2.75) is 55.4 Å². The summed E-state index contributed by atoms with van der Waals surface area (Å²) < 4.78 is 53.6. The number of sulfone groups is 1. The number of rotatable bonds is 7. The van der Waals surface area contributed by atoms with E-state index in [0.717, 1.165) is 26.7 Å². The van der Waals surface area contributed by atoms with E-state index in [1.165, 1.54) is 24.3 Å². The fourth-order valence-corrected chi connectivity index (χ4v) is 9.30. The first-order valence-corrected chi connectivity index (χ1v) is 15.8. The second-order valence-corrected chi connectivity index (χ2v) is 14.9. The van der Waals surface area contributed by atoms with Gasteiger partial charge in [0.05, 0.1) is 12.0 Å². The third kappa shape index (κ3) is 5.22. The van der Waals surface area contributed by atoms with E-state index in [0.29, 0.717) is 12.2 Å². The van der Waals surface area contributed by atoms with Crippen molar-refractivity contribution >= 4 is 38.5 Å². The second-order valence-electron chi connectivity index (χ2n) is 11.5. The first-order valence-electron chi connectivity index (χ1n) is 13.3. The third-order valence-electron chi connectivity index (χ3n) is 7.86. The van der Waals surface area contributed by atoms with Crippen LogP contribution in [0.25, 0.3) is 0 Å². The van der Waals surface area contributed by atoms with Gasteiger partial charge in [0.1, 0.15) is 21.9 Å². The van der Waals surface area contributed by atoms with Crippen molar-refractivity contribution in [1.29, 1.82) is 0 Å². The van der Waals surface area contributed by atoms with Crippen LogP contribution < -0.4 is 4.74 Å². The average molecular weight is 678 g/mol. The summed E-state index contributed by atoms with van der Waals surface area (Å²) in [5.74, 6) is -0.323. The molecule has 40 heavy (non-hydrogen) atoms. The molecule has 0 spiro atoms. The van der Waals surface area contributed by atoms with Crippen molar-refractivity contribution in [1.82, 2.24) is 4.90 Å². The lowest BCUT2D eigenvalue weighted by molar-refractivity contribution is 0.0219. The molecule has 212 valence electrons. The zero-order valence-corrected chi connectivity index (χ0v) is 26.0. The SMILES string of the molecule is COc1ccc(CN(CC2C3CCc4cc(I)ccc4C32S(=O)(=O)c2ccc(F)cc2)C(=O)OC(C)(C)C)cc1. The summed E-state index contributed by atoms with van der Waals surface area (Å²) in [6.07, 6.45) is 0.950. The number of amides is 1. The minimum Gasteiger partial charge on any atom is -0.497 e. The highest BCUT2D eigenvalue weighted by molar-refractivity contribution is 14.1. The summed E-state index contributed by atoms with van der Waals surface area (Å²) >= 11 is 2.24. The highest BCUT2D eigenvalue weighted by atomic mass is 127.